The summed E-state index contributed by atoms with van der Waals surface area (Å²) in [7, 11) is 0. The van der Waals surface area contributed by atoms with Crippen LogP contribution in [0.25, 0.3) is 0 Å². The Morgan fingerprint density at radius 2 is 2.21 bits per heavy atom. The number of hydrogen-bond acceptors (Lipinski definition) is 3. The number of anilines is 1. The molecule has 0 aliphatic rings. The summed E-state index contributed by atoms with van der Waals surface area (Å²) in [6.07, 6.45) is 2.22. The van der Waals surface area contributed by atoms with Crippen molar-refractivity contribution in [3.05, 3.63) is 23.0 Å². The van der Waals surface area contributed by atoms with Crippen LogP contribution < -0.4 is 10.6 Å². The molecular formula is C13H20ClN3O2. The smallest absolute Gasteiger partial charge is 0.319 e. The van der Waals surface area contributed by atoms with E-state index < -0.39 is 0 Å². The van der Waals surface area contributed by atoms with Gasteiger partial charge in [-0.2, -0.15) is 0 Å². The van der Waals surface area contributed by atoms with E-state index in [2.05, 4.69) is 15.6 Å². The number of aromatic nitrogens is 1. The fourth-order valence-electron chi connectivity index (χ4n) is 1.73. The van der Waals surface area contributed by atoms with Gasteiger partial charge >= 0.3 is 6.03 Å². The minimum Gasteiger partial charge on any atom is -0.394 e. The largest absolute Gasteiger partial charge is 0.394 e. The Morgan fingerprint density at radius 1 is 1.53 bits per heavy atom. The third-order valence-electron chi connectivity index (χ3n) is 2.58. The van der Waals surface area contributed by atoms with Crippen LogP contribution in [0, 0.1) is 12.8 Å². The second-order valence-electron chi connectivity index (χ2n) is 4.94. The van der Waals surface area contributed by atoms with Gasteiger partial charge in [-0.15, -0.1) is 0 Å². The predicted molar refractivity (Wildman–Crippen MR) is 76.5 cm³/mol. The second-order valence-corrected chi connectivity index (χ2v) is 5.30. The summed E-state index contributed by atoms with van der Waals surface area (Å²) < 4.78 is 0. The molecule has 0 saturated heterocycles. The molecule has 2 amide bonds. The molecule has 0 radical (unpaired) electrons. The first-order valence-corrected chi connectivity index (χ1v) is 6.60. The molecule has 1 heterocycles. The van der Waals surface area contributed by atoms with Crippen molar-refractivity contribution in [2.75, 3.05) is 11.9 Å². The number of pyridine rings is 1. The van der Waals surface area contributed by atoms with Crippen molar-refractivity contribution in [2.45, 2.75) is 33.2 Å². The van der Waals surface area contributed by atoms with Crippen molar-refractivity contribution in [2.24, 2.45) is 5.92 Å². The Balaban J connectivity index is 2.56. The molecule has 1 aromatic heterocycles. The van der Waals surface area contributed by atoms with Gasteiger partial charge < -0.3 is 15.7 Å². The van der Waals surface area contributed by atoms with Gasteiger partial charge in [0.1, 0.15) is 5.15 Å². The molecule has 0 saturated carbocycles. The highest BCUT2D eigenvalue weighted by molar-refractivity contribution is 6.30. The van der Waals surface area contributed by atoms with Crippen molar-refractivity contribution in [3.8, 4) is 0 Å². The first-order chi connectivity index (χ1) is 8.92. The molecule has 0 spiro atoms. The SMILES string of the molecule is Cc1cc(NC(=O)NC(CO)CC(C)C)cnc1Cl. The van der Waals surface area contributed by atoms with E-state index in [1.54, 1.807) is 6.07 Å². The number of urea groups is 1. The van der Waals surface area contributed by atoms with Gasteiger partial charge in [0.2, 0.25) is 0 Å². The van der Waals surface area contributed by atoms with Crippen LogP contribution in [0.3, 0.4) is 0 Å². The standard InChI is InChI=1S/C13H20ClN3O2/c1-8(2)4-11(7-18)17-13(19)16-10-5-9(3)12(14)15-6-10/h5-6,8,11,18H,4,7H2,1-3H3,(H2,16,17,19). The molecular weight excluding hydrogens is 266 g/mol. The molecule has 106 valence electrons. The van der Waals surface area contributed by atoms with Gasteiger partial charge in [-0.3, -0.25) is 0 Å². The van der Waals surface area contributed by atoms with Crippen LogP contribution in [0.5, 0.6) is 0 Å². The summed E-state index contributed by atoms with van der Waals surface area (Å²) >= 11 is 5.81. The molecule has 0 aromatic carbocycles. The van der Waals surface area contributed by atoms with Gasteiger partial charge in [-0.1, -0.05) is 25.4 Å². The highest BCUT2D eigenvalue weighted by Crippen LogP contribution is 2.16. The fraction of sp³-hybridized carbons (Fsp3) is 0.538. The van der Waals surface area contributed by atoms with Gasteiger partial charge in [0, 0.05) is 0 Å². The third kappa shape index (κ3) is 5.44. The molecule has 1 unspecified atom stereocenters. The van der Waals surface area contributed by atoms with Gasteiger partial charge in [-0.05, 0) is 30.9 Å². The summed E-state index contributed by atoms with van der Waals surface area (Å²) in [5.41, 5.74) is 1.36. The molecule has 0 bridgehead atoms. The Kier molecular flexibility index (Phi) is 6.05. The number of nitrogens with one attached hydrogen (secondary N) is 2. The van der Waals surface area contributed by atoms with Gasteiger partial charge in [-0.25, -0.2) is 9.78 Å². The molecule has 1 atom stereocenters. The van der Waals surface area contributed by atoms with Crippen molar-refractivity contribution >= 4 is 23.3 Å². The van der Waals surface area contributed by atoms with Gasteiger partial charge in [0.25, 0.3) is 0 Å². The van der Waals surface area contributed by atoms with Crippen LogP contribution in [-0.4, -0.2) is 28.8 Å². The van der Waals surface area contributed by atoms with Gasteiger partial charge in [0.15, 0.2) is 0 Å². The average molecular weight is 286 g/mol. The zero-order valence-electron chi connectivity index (χ0n) is 11.4. The predicted octanol–water partition coefficient (Wildman–Crippen LogP) is 2.57. The van der Waals surface area contributed by atoms with Crippen LogP contribution >= 0.6 is 11.6 Å². The van der Waals surface area contributed by atoms with Crippen LogP contribution in [0.1, 0.15) is 25.8 Å². The number of nitrogens with zero attached hydrogens (tertiary/aromatic N) is 1. The summed E-state index contributed by atoms with van der Waals surface area (Å²) in [6, 6.07) is 1.13. The van der Waals surface area contributed by atoms with E-state index in [0.29, 0.717) is 16.8 Å². The maximum atomic E-state index is 11.8. The zero-order valence-corrected chi connectivity index (χ0v) is 12.2. The maximum Gasteiger partial charge on any atom is 0.319 e. The number of amides is 2. The second kappa shape index (κ2) is 7.31. The topological polar surface area (TPSA) is 74.2 Å². The summed E-state index contributed by atoms with van der Waals surface area (Å²) in [5.74, 6) is 0.400. The lowest BCUT2D eigenvalue weighted by atomic mass is 10.0. The molecule has 6 heteroatoms. The zero-order chi connectivity index (χ0) is 14.4. The lowest BCUT2D eigenvalue weighted by Crippen LogP contribution is -2.41. The maximum absolute atomic E-state index is 11.8. The quantitative estimate of drug-likeness (QED) is 0.728. The summed E-state index contributed by atoms with van der Waals surface area (Å²) in [4.78, 5) is 15.7. The number of rotatable bonds is 5. The van der Waals surface area contributed by atoms with E-state index in [1.165, 1.54) is 6.20 Å². The first-order valence-electron chi connectivity index (χ1n) is 6.23. The van der Waals surface area contributed by atoms with E-state index >= 15 is 0 Å². The molecule has 0 aliphatic carbocycles. The van der Waals surface area contributed by atoms with Crippen LogP contribution in [-0.2, 0) is 0 Å². The molecule has 0 fully saturated rings. The number of aliphatic hydroxyl groups excluding tert-OH is 1. The summed E-state index contributed by atoms with van der Waals surface area (Å²) in [6.45, 7) is 5.81. The fourth-order valence-corrected chi connectivity index (χ4v) is 1.83. The first kappa shape index (κ1) is 15.7. The van der Waals surface area contributed by atoms with Crippen molar-refractivity contribution < 1.29 is 9.90 Å². The number of aliphatic hydroxyl groups is 1. The van der Waals surface area contributed by atoms with Crippen molar-refractivity contribution in [1.82, 2.24) is 10.3 Å². The minimum absolute atomic E-state index is 0.0799. The van der Waals surface area contributed by atoms with E-state index in [0.717, 1.165) is 12.0 Å². The Morgan fingerprint density at radius 3 is 2.74 bits per heavy atom. The highest BCUT2D eigenvalue weighted by atomic mass is 35.5. The number of carbonyl (C=O) groups is 1. The van der Waals surface area contributed by atoms with E-state index in [-0.39, 0.29) is 18.7 Å². The molecule has 1 aromatic rings. The van der Waals surface area contributed by atoms with Crippen LogP contribution in [0.15, 0.2) is 12.3 Å². The van der Waals surface area contributed by atoms with E-state index in [1.807, 2.05) is 20.8 Å². The van der Waals surface area contributed by atoms with Crippen LogP contribution in [0.2, 0.25) is 5.15 Å². The highest BCUT2D eigenvalue weighted by Gasteiger charge is 2.13. The number of aryl methyl sites for hydroxylation is 1. The average Bonchev–Trinajstić information content (AvgIpc) is 2.32. The molecule has 5 nitrogen and oxygen atoms in total. The number of hydrogen-bond donors (Lipinski definition) is 3. The van der Waals surface area contributed by atoms with Crippen molar-refractivity contribution in [1.29, 1.82) is 0 Å². The lowest BCUT2D eigenvalue weighted by Gasteiger charge is -2.18. The lowest BCUT2D eigenvalue weighted by molar-refractivity contribution is 0.214. The Hall–Kier alpha value is -1.33. The third-order valence-corrected chi connectivity index (χ3v) is 2.98. The van der Waals surface area contributed by atoms with Crippen molar-refractivity contribution in [3.63, 3.8) is 0 Å². The summed E-state index contributed by atoms with van der Waals surface area (Å²) in [5, 5.41) is 15.0. The Bertz CT molecular complexity index is 438. The molecule has 19 heavy (non-hydrogen) atoms. The van der Waals surface area contributed by atoms with E-state index in [9.17, 15) is 9.90 Å². The monoisotopic (exact) mass is 285 g/mol. The van der Waals surface area contributed by atoms with Gasteiger partial charge in [0.05, 0.1) is 24.5 Å². The van der Waals surface area contributed by atoms with Crippen LogP contribution in [0.4, 0.5) is 10.5 Å². The molecule has 0 aliphatic heterocycles. The minimum atomic E-state index is -0.358. The van der Waals surface area contributed by atoms with E-state index in [4.69, 9.17) is 11.6 Å². The number of halogens is 1. The molecule has 1 rings (SSSR count). The normalized spacial score (nSPS) is 12.3. The Labute approximate surface area is 118 Å². The number of carbonyl (C=O) groups excluding carboxylic acids is 1. The molecule has 3 N–H and O–H groups in total.